The van der Waals surface area contributed by atoms with Crippen LogP contribution in [0.4, 0.5) is 0 Å². The average Bonchev–Trinajstić information content (AvgIpc) is 3.19. The first-order chi connectivity index (χ1) is 15.2. The maximum absolute atomic E-state index is 4.81. The molecular weight excluding hydrogens is 384 g/mol. The van der Waals surface area contributed by atoms with Crippen molar-refractivity contribution in [1.82, 2.24) is 25.5 Å². The minimum Gasteiger partial charge on any atom is -0.357 e. The zero-order chi connectivity index (χ0) is 21.5. The molecule has 0 bridgehead atoms. The van der Waals surface area contributed by atoms with Gasteiger partial charge in [0.1, 0.15) is 5.82 Å². The Morgan fingerprint density at radius 1 is 1.16 bits per heavy atom. The van der Waals surface area contributed by atoms with Crippen molar-refractivity contribution >= 4 is 17.0 Å². The van der Waals surface area contributed by atoms with Crippen LogP contribution < -0.4 is 10.6 Å². The van der Waals surface area contributed by atoms with Crippen LogP contribution in [-0.2, 0) is 13.0 Å². The molecule has 2 atom stereocenters. The molecule has 0 amide bonds. The fourth-order valence-electron chi connectivity index (χ4n) is 4.32. The first-order valence-corrected chi connectivity index (χ1v) is 11.5. The Bertz CT molecular complexity index is 947. The maximum atomic E-state index is 4.81. The van der Waals surface area contributed by atoms with E-state index in [1.807, 2.05) is 18.2 Å². The van der Waals surface area contributed by atoms with Crippen LogP contribution in [0.1, 0.15) is 38.1 Å². The van der Waals surface area contributed by atoms with Gasteiger partial charge in [-0.3, -0.25) is 9.89 Å². The van der Waals surface area contributed by atoms with Crippen molar-refractivity contribution in [2.45, 2.75) is 51.7 Å². The summed E-state index contributed by atoms with van der Waals surface area (Å²) in [5, 5.41) is 7.07. The molecule has 6 nitrogen and oxygen atoms in total. The van der Waals surface area contributed by atoms with Crippen LogP contribution in [-0.4, -0.2) is 52.5 Å². The third-order valence-electron chi connectivity index (χ3n) is 5.98. The molecule has 1 aromatic heterocycles. The van der Waals surface area contributed by atoms with Crippen molar-refractivity contribution in [1.29, 1.82) is 0 Å². The molecular formula is C25H34N6. The lowest BCUT2D eigenvalue weighted by molar-refractivity contribution is 0.134. The molecule has 2 unspecified atom stereocenters. The predicted molar refractivity (Wildman–Crippen MR) is 128 cm³/mol. The highest BCUT2D eigenvalue weighted by molar-refractivity contribution is 5.80. The minimum absolute atomic E-state index is 0.450. The molecule has 0 radical (unpaired) electrons. The molecule has 0 spiro atoms. The van der Waals surface area contributed by atoms with Gasteiger partial charge in [-0.05, 0) is 44.4 Å². The summed E-state index contributed by atoms with van der Waals surface area (Å²) < 4.78 is 0. The number of H-pyrrole nitrogens is 1. The molecule has 2 heterocycles. The quantitative estimate of drug-likeness (QED) is 0.404. The van der Waals surface area contributed by atoms with E-state index in [1.165, 1.54) is 5.56 Å². The molecule has 4 rings (SSSR count). The summed E-state index contributed by atoms with van der Waals surface area (Å²) in [5.74, 6) is 1.90. The monoisotopic (exact) mass is 418 g/mol. The van der Waals surface area contributed by atoms with E-state index < -0.39 is 0 Å². The van der Waals surface area contributed by atoms with Crippen molar-refractivity contribution in [3.05, 3.63) is 66.0 Å². The number of guanidine groups is 1. The molecule has 1 aliphatic heterocycles. The molecule has 0 saturated carbocycles. The molecule has 1 fully saturated rings. The van der Waals surface area contributed by atoms with Gasteiger partial charge in [-0.1, -0.05) is 42.5 Å². The SMILES string of the molecule is CCNC(=NCCc1nc2ccccc2[nH]1)NC1CCN(Cc2ccccc2)C(C)C1. The summed E-state index contributed by atoms with van der Waals surface area (Å²) in [4.78, 5) is 15.4. The van der Waals surface area contributed by atoms with Gasteiger partial charge in [0.15, 0.2) is 5.96 Å². The number of likely N-dealkylation sites (tertiary alicyclic amines) is 1. The van der Waals surface area contributed by atoms with Crippen molar-refractivity contribution in [3.63, 3.8) is 0 Å². The van der Waals surface area contributed by atoms with E-state index in [1.54, 1.807) is 0 Å². The number of nitrogens with zero attached hydrogens (tertiary/aromatic N) is 3. The summed E-state index contributed by atoms with van der Waals surface area (Å²) in [7, 11) is 0. The Labute approximate surface area is 185 Å². The average molecular weight is 419 g/mol. The number of fused-ring (bicyclic) bond motifs is 1. The second-order valence-electron chi connectivity index (χ2n) is 8.38. The molecule has 0 aliphatic carbocycles. The summed E-state index contributed by atoms with van der Waals surface area (Å²) in [6.07, 6.45) is 3.06. The van der Waals surface area contributed by atoms with Crippen molar-refractivity contribution in [2.24, 2.45) is 4.99 Å². The smallest absolute Gasteiger partial charge is 0.191 e. The van der Waals surface area contributed by atoms with Crippen molar-refractivity contribution in [2.75, 3.05) is 19.6 Å². The number of benzene rings is 2. The topological polar surface area (TPSA) is 68.3 Å². The van der Waals surface area contributed by atoms with Gasteiger partial charge in [-0.2, -0.15) is 0 Å². The van der Waals surface area contributed by atoms with E-state index in [4.69, 9.17) is 4.99 Å². The molecule has 6 heteroatoms. The van der Waals surface area contributed by atoms with Crippen molar-refractivity contribution in [3.8, 4) is 0 Å². The number of hydrogen-bond donors (Lipinski definition) is 3. The highest BCUT2D eigenvalue weighted by Crippen LogP contribution is 2.20. The van der Waals surface area contributed by atoms with Gasteiger partial charge in [0.05, 0.1) is 11.0 Å². The van der Waals surface area contributed by atoms with Crippen LogP contribution in [0.3, 0.4) is 0 Å². The molecule has 3 N–H and O–H groups in total. The molecule has 164 valence electrons. The van der Waals surface area contributed by atoms with Gasteiger partial charge < -0.3 is 15.6 Å². The number of para-hydroxylation sites is 2. The van der Waals surface area contributed by atoms with Crippen molar-refractivity contribution < 1.29 is 0 Å². The van der Waals surface area contributed by atoms with Gasteiger partial charge in [0.25, 0.3) is 0 Å². The number of rotatable bonds is 7. The van der Waals surface area contributed by atoms with Crippen LogP contribution in [0, 0.1) is 0 Å². The van der Waals surface area contributed by atoms with E-state index in [0.717, 1.165) is 61.7 Å². The summed E-state index contributed by atoms with van der Waals surface area (Å²) in [5.41, 5.74) is 3.49. The van der Waals surface area contributed by atoms with Crippen LogP contribution in [0.15, 0.2) is 59.6 Å². The second kappa shape index (κ2) is 10.4. The Balaban J connectivity index is 1.29. The highest BCUT2D eigenvalue weighted by atomic mass is 15.2. The number of hydrogen-bond acceptors (Lipinski definition) is 3. The highest BCUT2D eigenvalue weighted by Gasteiger charge is 2.25. The lowest BCUT2D eigenvalue weighted by Crippen LogP contribution is -2.51. The number of aromatic amines is 1. The zero-order valence-corrected chi connectivity index (χ0v) is 18.6. The number of piperidine rings is 1. The van der Waals surface area contributed by atoms with Crippen LogP contribution in [0.25, 0.3) is 11.0 Å². The third-order valence-corrected chi connectivity index (χ3v) is 5.98. The van der Waals surface area contributed by atoms with E-state index in [2.05, 4.69) is 75.7 Å². The van der Waals surface area contributed by atoms with Gasteiger partial charge in [0, 0.05) is 44.7 Å². The Kier molecular flexibility index (Phi) is 7.20. The van der Waals surface area contributed by atoms with E-state index in [9.17, 15) is 0 Å². The normalized spacial score (nSPS) is 20.1. The lowest BCUT2D eigenvalue weighted by atomic mass is 9.97. The maximum Gasteiger partial charge on any atom is 0.191 e. The van der Waals surface area contributed by atoms with E-state index >= 15 is 0 Å². The summed E-state index contributed by atoms with van der Waals surface area (Å²) >= 11 is 0. The number of aromatic nitrogens is 2. The second-order valence-corrected chi connectivity index (χ2v) is 8.38. The lowest BCUT2D eigenvalue weighted by Gasteiger charge is -2.38. The molecule has 3 aromatic rings. The molecule has 1 saturated heterocycles. The number of aliphatic imine (C=N–C) groups is 1. The van der Waals surface area contributed by atoms with Gasteiger partial charge >= 0.3 is 0 Å². The minimum atomic E-state index is 0.450. The molecule has 1 aliphatic rings. The zero-order valence-electron chi connectivity index (χ0n) is 18.6. The molecule has 2 aromatic carbocycles. The van der Waals surface area contributed by atoms with Gasteiger partial charge in [-0.15, -0.1) is 0 Å². The fraction of sp³-hybridized carbons (Fsp3) is 0.440. The standard InChI is InChI=1S/C25H34N6/c1-3-26-25(27-15-13-24-29-22-11-7-8-12-23(22)30-24)28-21-14-16-31(19(2)17-21)18-20-9-5-4-6-10-20/h4-12,19,21H,3,13-18H2,1-2H3,(H,29,30)(H2,26,27,28). The van der Waals surface area contributed by atoms with Crippen LogP contribution in [0.2, 0.25) is 0 Å². The predicted octanol–water partition coefficient (Wildman–Crippen LogP) is 3.71. The van der Waals surface area contributed by atoms with E-state index in [0.29, 0.717) is 18.6 Å². The first kappa shape index (κ1) is 21.4. The Hall–Kier alpha value is -2.86. The molecule has 31 heavy (non-hydrogen) atoms. The Morgan fingerprint density at radius 3 is 2.74 bits per heavy atom. The Morgan fingerprint density at radius 2 is 1.97 bits per heavy atom. The fourth-order valence-corrected chi connectivity index (χ4v) is 4.32. The third kappa shape index (κ3) is 5.85. The van der Waals surface area contributed by atoms with E-state index in [-0.39, 0.29) is 0 Å². The number of nitrogens with one attached hydrogen (secondary N) is 3. The van der Waals surface area contributed by atoms with Gasteiger partial charge in [0.2, 0.25) is 0 Å². The van der Waals surface area contributed by atoms with Crippen LogP contribution in [0.5, 0.6) is 0 Å². The van der Waals surface area contributed by atoms with Gasteiger partial charge in [-0.25, -0.2) is 4.98 Å². The van der Waals surface area contributed by atoms with Crippen LogP contribution >= 0.6 is 0 Å². The summed E-state index contributed by atoms with van der Waals surface area (Å²) in [6, 6.07) is 19.9. The largest absolute Gasteiger partial charge is 0.357 e. The number of imidazole rings is 1. The first-order valence-electron chi connectivity index (χ1n) is 11.5. The summed E-state index contributed by atoms with van der Waals surface area (Å²) in [6.45, 7) is 8.15.